The van der Waals surface area contributed by atoms with Gasteiger partial charge < -0.3 is 5.73 Å². The summed E-state index contributed by atoms with van der Waals surface area (Å²) in [5, 5.41) is 5.59. The van der Waals surface area contributed by atoms with Gasteiger partial charge >= 0.3 is 0 Å². The zero-order chi connectivity index (χ0) is 15.9. The molecule has 0 saturated heterocycles. The largest absolute Gasteiger partial charge is 0.383 e. The van der Waals surface area contributed by atoms with Gasteiger partial charge in [-0.25, -0.2) is 14.6 Å². The Balaban J connectivity index is 2.29. The van der Waals surface area contributed by atoms with E-state index < -0.39 is 0 Å². The Hall–Kier alpha value is -2.08. The summed E-state index contributed by atoms with van der Waals surface area (Å²) in [5.41, 5.74) is 8.53. The number of rotatable bonds is 2. The highest BCUT2D eigenvalue weighted by Crippen LogP contribution is 2.33. The maximum absolute atomic E-state index is 6.10. The third-order valence-electron chi connectivity index (χ3n) is 3.49. The van der Waals surface area contributed by atoms with E-state index in [1.165, 1.54) is 11.2 Å². The molecule has 1 aromatic carbocycles. The number of fused-ring (bicyclic) bond motifs is 1. The third kappa shape index (κ3) is 2.43. The van der Waals surface area contributed by atoms with E-state index in [4.69, 9.17) is 10.8 Å². The van der Waals surface area contributed by atoms with Crippen molar-refractivity contribution in [2.75, 3.05) is 12.0 Å². The SMILES string of the molecule is CSc1ccc(-c2nn(C(C)(C)C)c3ncnc(N)c23)cc1. The number of hydrogen-bond donors (Lipinski definition) is 1. The zero-order valence-corrected chi connectivity index (χ0v) is 14.0. The van der Waals surface area contributed by atoms with Crippen LogP contribution in [0.4, 0.5) is 5.82 Å². The summed E-state index contributed by atoms with van der Waals surface area (Å²) in [7, 11) is 0. The molecule has 6 heteroatoms. The number of thioether (sulfide) groups is 1. The molecule has 2 heterocycles. The molecule has 0 atom stereocenters. The van der Waals surface area contributed by atoms with Crippen LogP contribution in [-0.4, -0.2) is 26.0 Å². The monoisotopic (exact) mass is 313 g/mol. The van der Waals surface area contributed by atoms with Crippen molar-refractivity contribution in [1.82, 2.24) is 19.7 Å². The molecule has 0 fully saturated rings. The Bertz CT molecular complexity index is 815. The molecule has 114 valence electrons. The van der Waals surface area contributed by atoms with Crippen molar-refractivity contribution in [2.45, 2.75) is 31.2 Å². The second-order valence-electron chi connectivity index (χ2n) is 6.12. The van der Waals surface area contributed by atoms with Gasteiger partial charge in [0.15, 0.2) is 5.65 Å². The lowest BCUT2D eigenvalue weighted by Crippen LogP contribution is -2.23. The molecule has 0 saturated carbocycles. The highest BCUT2D eigenvalue weighted by atomic mass is 32.2. The van der Waals surface area contributed by atoms with E-state index in [2.05, 4.69) is 61.3 Å². The summed E-state index contributed by atoms with van der Waals surface area (Å²) >= 11 is 1.71. The average molecular weight is 313 g/mol. The smallest absolute Gasteiger partial charge is 0.164 e. The number of nitrogens with two attached hydrogens (primary N) is 1. The normalized spacial score (nSPS) is 12.0. The van der Waals surface area contributed by atoms with Gasteiger partial charge in [-0.15, -0.1) is 11.8 Å². The second kappa shape index (κ2) is 5.28. The highest BCUT2D eigenvalue weighted by Gasteiger charge is 2.23. The van der Waals surface area contributed by atoms with Crippen molar-refractivity contribution < 1.29 is 0 Å². The van der Waals surface area contributed by atoms with E-state index in [-0.39, 0.29) is 5.54 Å². The Kier molecular flexibility index (Phi) is 3.56. The standard InChI is InChI=1S/C16H19N5S/c1-16(2,3)21-15-12(14(17)18-9-19-15)13(20-21)10-5-7-11(22-4)8-6-10/h5-9H,1-4H3,(H2,17,18,19). The molecule has 0 aliphatic carbocycles. The van der Waals surface area contributed by atoms with E-state index in [1.54, 1.807) is 11.8 Å². The Morgan fingerprint density at radius 1 is 1.09 bits per heavy atom. The van der Waals surface area contributed by atoms with Gasteiger partial charge in [0.1, 0.15) is 17.8 Å². The molecule has 22 heavy (non-hydrogen) atoms. The minimum absolute atomic E-state index is 0.184. The van der Waals surface area contributed by atoms with Crippen LogP contribution >= 0.6 is 11.8 Å². The van der Waals surface area contributed by atoms with Gasteiger partial charge in [-0.3, -0.25) is 0 Å². The molecule has 0 unspecified atom stereocenters. The van der Waals surface area contributed by atoms with Crippen molar-refractivity contribution >= 4 is 28.6 Å². The van der Waals surface area contributed by atoms with Crippen LogP contribution in [0.5, 0.6) is 0 Å². The molecule has 0 aliphatic rings. The number of hydrogen-bond acceptors (Lipinski definition) is 5. The summed E-state index contributed by atoms with van der Waals surface area (Å²) < 4.78 is 1.91. The van der Waals surface area contributed by atoms with Crippen molar-refractivity contribution in [3.8, 4) is 11.3 Å². The van der Waals surface area contributed by atoms with E-state index in [1.807, 2.05) is 4.68 Å². The van der Waals surface area contributed by atoms with Gasteiger partial charge in [-0.1, -0.05) is 12.1 Å². The van der Waals surface area contributed by atoms with Crippen LogP contribution in [0.25, 0.3) is 22.3 Å². The predicted octanol–water partition coefficient (Wildman–Crippen LogP) is 3.55. The fourth-order valence-electron chi connectivity index (χ4n) is 2.39. The van der Waals surface area contributed by atoms with Gasteiger partial charge in [0, 0.05) is 10.5 Å². The number of benzene rings is 1. The van der Waals surface area contributed by atoms with Crippen molar-refractivity contribution in [1.29, 1.82) is 0 Å². The first-order valence-corrected chi connectivity index (χ1v) is 8.28. The summed E-state index contributed by atoms with van der Waals surface area (Å²) in [6.07, 6.45) is 3.55. The molecular weight excluding hydrogens is 294 g/mol. The number of aromatic nitrogens is 4. The van der Waals surface area contributed by atoms with Gasteiger partial charge in [0.2, 0.25) is 0 Å². The summed E-state index contributed by atoms with van der Waals surface area (Å²) in [6.45, 7) is 6.29. The van der Waals surface area contributed by atoms with Crippen LogP contribution in [0.1, 0.15) is 20.8 Å². The molecule has 0 radical (unpaired) electrons. The van der Waals surface area contributed by atoms with E-state index >= 15 is 0 Å². The quantitative estimate of drug-likeness (QED) is 0.733. The first-order chi connectivity index (χ1) is 10.4. The molecule has 0 amide bonds. The lowest BCUT2D eigenvalue weighted by Gasteiger charge is -2.19. The minimum Gasteiger partial charge on any atom is -0.383 e. The summed E-state index contributed by atoms with van der Waals surface area (Å²) in [5.74, 6) is 0.462. The van der Waals surface area contributed by atoms with E-state index in [0.29, 0.717) is 5.82 Å². The van der Waals surface area contributed by atoms with Crippen LogP contribution in [0.2, 0.25) is 0 Å². The lowest BCUT2D eigenvalue weighted by molar-refractivity contribution is 0.367. The minimum atomic E-state index is -0.184. The lowest BCUT2D eigenvalue weighted by atomic mass is 10.1. The van der Waals surface area contributed by atoms with Crippen LogP contribution < -0.4 is 5.73 Å². The van der Waals surface area contributed by atoms with E-state index in [9.17, 15) is 0 Å². The zero-order valence-electron chi connectivity index (χ0n) is 13.2. The molecule has 2 N–H and O–H groups in total. The molecule has 3 aromatic rings. The number of nitrogens with zero attached hydrogens (tertiary/aromatic N) is 4. The van der Waals surface area contributed by atoms with E-state index in [0.717, 1.165) is 22.3 Å². The average Bonchev–Trinajstić information content (AvgIpc) is 2.88. The van der Waals surface area contributed by atoms with Crippen LogP contribution in [-0.2, 0) is 5.54 Å². The number of nitrogen functional groups attached to an aromatic ring is 1. The van der Waals surface area contributed by atoms with Crippen LogP contribution in [0.3, 0.4) is 0 Å². The number of anilines is 1. The molecule has 0 spiro atoms. The van der Waals surface area contributed by atoms with Gasteiger partial charge in [0.05, 0.1) is 10.9 Å². The molecule has 0 aliphatic heterocycles. The highest BCUT2D eigenvalue weighted by molar-refractivity contribution is 7.98. The van der Waals surface area contributed by atoms with Gasteiger partial charge in [0.25, 0.3) is 0 Å². The molecule has 2 aromatic heterocycles. The molecule has 0 bridgehead atoms. The Labute approximate surface area is 134 Å². The fourth-order valence-corrected chi connectivity index (χ4v) is 2.80. The topological polar surface area (TPSA) is 69.6 Å². The maximum atomic E-state index is 6.10. The Morgan fingerprint density at radius 3 is 2.36 bits per heavy atom. The van der Waals surface area contributed by atoms with Crippen molar-refractivity contribution in [2.24, 2.45) is 0 Å². The predicted molar refractivity (Wildman–Crippen MR) is 91.9 cm³/mol. The Morgan fingerprint density at radius 2 is 1.77 bits per heavy atom. The van der Waals surface area contributed by atoms with Gasteiger partial charge in [-0.2, -0.15) is 5.10 Å². The summed E-state index contributed by atoms with van der Waals surface area (Å²) in [4.78, 5) is 9.74. The van der Waals surface area contributed by atoms with Crippen molar-refractivity contribution in [3.63, 3.8) is 0 Å². The second-order valence-corrected chi connectivity index (χ2v) is 7.00. The first kappa shape index (κ1) is 14.8. The van der Waals surface area contributed by atoms with Crippen LogP contribution in [0, 0.1) is 0 Å². The fraction of sp³-hybridized carbons (Fsp3) is 0.312. The van der Waals surface area contributed by atoms with Crippen LogP contribution in [0.15, 0.2) is 35.5 Å². The first-order valence-electron chi connectivity index (χ1n) is 7.06. The molecule has 3 rings (SSSR count). The van der Waals surface area contributed by atoms with Crippen molar-refractivity contribution in [3.05, 3.63) is 30.6 Å². The van der Waals surface area contributed by atoms with Gasteiger partial charge in [-0.05, 0) is 39.2 Å². The molecule has 5 nitrogen and oxygen atoms in total. The third-order valence-corrected chi connectivity index (χ3v) is 4.24. The summed E-state index contributed by atoms with van der Waals surface area (Å²) in [6, 6.07) is 8.30. The maximum Gasteiger partial charge on any atom is 0.164 e. The molecular formula is C16H19N5S.